The van der Waals surface area contributed by atoms with Gasteiger partial charge in [0.05, 0.1) is 45.8 Å². The molecule has 2 aromatic carbocycles. The number of carbonyl (C=O) groups is 5. The van der Waals surface area contributed by atoms with Gasteiger partial charge in [0.2, 0.25) is 5.91 Å². The summed E-state index contributed by atoms with van der Waals surface area (Å²) in [5.41, 5.74) is 3.08. The van der Waals surface area contributed by atoms with E-state index in [-0.39, 0.29) is 27.6 Å². The van der Waals surface area contributed by atoms with E-state index in [1.165, 1.54) is 49.3 Å². The smallest absolute Gasteiger partial charge is 0.270 e. The first-order valence-electron chi connectivity index (χ1n) is 14.5. The van der Waals surface area contributed by atoms with Crippen molar-refractivity contribution in [2.75, 3.05) is 19.4 Å². The third kappa shape index (κ3) is 4.58. The molecule has 3 aliphatic carbocycles. The zero-order chi connectivity index (χ0) is 34.3. The maximum atomic E-state index is 14.1. The van der Waals surface area contributed by atoms with Gasteiger partial charge in [-0.3, -0.25) is 39.0 Å². The Labute approximate surface area is 270 Å². The average Bonchev–Trinajstić information content (AvgIpc) is 3.48. The van der Waals surface area contributed by atoms with Crippen LogP contribution in [-0.4, -0.2) is 91.0 Å². The lowest BCUT2D eigenvalue weighted by Crippen LogP contribution is -2.77. The van der Waals surface area contributed by atoms with E-state index in [0.29, 0.717) is 11.3 Å². The molecule has 8 atom stereocenters. The molecule has 16 heteroatoms. The predicted molar refractivity (Wildman–Crippen MR) is 165 cm³/mol. The largest absolute Gasteiger partial charge is 0.505 e. The molecule has 1 aromatic heterocycles. The van der Waals surface area contributed by atoms with E-state index in [0.717, 1.165) is 11.3 Å². The molecule has 0 aliphatic heterocycles. The number of phenols is 1. The van der Waals surface area contributed by atoms with E-state index in [1.807, 2.05) is 0 Å². The summed E-state index contributed by atoms with van der Waals surface area (Å²) in [6, 6.07) is 7.43. The van der Waals surface area contributed by atoms with Crippen molar-refractivity contribution in [3.8, 4) is 17.0 Å². The Bertz CT molecular complexity index is 1910. The van der Waals surface area contributed by atoms with Crippen molar-refractivity contribution < 1.29 is 44.2 Å². The van der Waals surface area contributed by atoms with Crippen LogP contribution in [0, 0.1) is 33.8 Å². The van der Waals surface area contributed by atoms with Gasteiger partial charge in [-0.15, -0.1) is 11.3 Å². The maximum absolute atomic E-state index is 14.1. The van der Waals surface area contributed by atoms with E-state index in [1.54, 1.807) is 18.4 Å². The first-order valence-corrected chi connectivity index (χ1v) is 15.3. The molecule has 244 valence electrons. The number of nitro groups is 1. The average molecular weight is 664 g/mol. The van der Waals surface area contributed by atoms with Crippen LogP contribution in [0.5, 0.6) is 5.75 Å². The Hall–Kier alpha value is -4.90. The number of phenolic OH excluding ortho intramolecular Hbond substituents is 1. The molecule has 1 amide bonds. The number of non-ortho nitro benzene ring substituents is 1. The van der Waals surface area contributed by atoms with Crippen molar-refractivity contribution in [3.63, 3.8) is 0 Å². The quantitative estimate of drug-likeness (QED) is 0.108. The van der Waals surface area contributed by atoms with Crippen LogP contribution in [0.2, 0.25) is 0 Å². The van der Waals surface area contributed by atoms with Crippen LogP contribution < -0.4 is 11.1 Å². The van der Waals surface area contributed by atoms with Crippen LogP contribution in [0.15, 0.2) is 41.8 Å². The molecule has 3 aromatic rings. The molecule has 2 saturated carbocycles. The number of hydrogen-bond donors (Lipinski definition) is 5. The maximum Gasteiger partial charge on any atom is 0.270 e. The Balaban J connectivity index is 1.39. The molecule has 0 saturated heterocycles. The summed E-state index contributed by atoms with van der Waals surface area (Å²) in [5.74, 6) is -14.3. The first kappa shape index (κ1) is 32.1. The summed E-state index contributed by atoms with van der Waals surface area (Å²) in [7, 11) is 2.85. The molecule has 0 spiro atoms. The number of fused-ring (bicyclic) bond motifs is 3. The fraction of sp³-hybridized carbons (Fsp3) is 0.355. The van der Waals surface area contributed by atoms with Crippen molar-refractivity contribution in [1.82, 2.24) is 9.88 Å². The summed E-state index contributed by atoms with van der Waals surface area (Å²) < 4.78 is 0. The number of ketones is 4. The van der Waals surface area contributed by atoms with Crippen LogP contribution in [-0.2, 0) is 19.2 Å². The van der Waals surface area contributed by atoms with Gasteiger partial charge in [0, 0.05) is 29.0 Å². The highest BCUT2D eigenvalue weighted by Gasteiger charge is 2.72. The van der Waals surface area contributed by atoms with Crippen molar-refractivity contribution in [1.29, 1.82) is 0 Å². The van der Waals surface area contributed by atoms with Gasteiger partial charge >= 0.3 is 0 Å². The standard InChI is InChI=1S/C31H29N5O10S/c1-11-14-7-8-15(33-30-34-16(10-47-30)12-5-4-6-13(9-12)36(45)46)23(37)18(14)24(38)19-17(11)25(39)21-22(35(2)3)26(40)20(29(32)43)28(42)31(21,44)27(19)41/h4-11,17,19-22,25,37,39,44H,1-3H3,(H2,32,43)(H,33,34)/t11-,17+,19?,20?,21+,22-,25-,31-/m0/s1. The number of aliphatic hydroxyl groups excluding tert-OH is 1. The number of benzene rings is 2. The normalized spacial score (nSPS) is 30.0. The summed E-state index contributed by atoms with van der Waals surface area (Å²) >= 11 is 1.12. The predicted octanol–water partition coefficient (Wildman–Crippen LogP) is 1.17. The number of nitrogens with one attached hydrogen (secondary N) is 1. The topological polar surface area (TPSA) is 243 Å². The number of amides is 1. The fourth-order valence-corrected chi connectivity index (χ4v) is 8.18. The van der Waals surface area contributed by atoms with Gasteiger partial charge in [0.15, 0.2) is 39.8 Å². The molecule has 6 rings (SSSR count). The van der Waals surface area contributed by atoms with Crippen molar-refractivity contribution in [3.05, 3.63) is 63.0 Å². The lowest BCUT2D eigenvalue weighted by atomic mass is 9.49. The molecular formula is C31H29N5O10S. The molecule has 0 radical (unpaired) electrons. The molecule has 1 heterocycles. The number of Topliss-reactive ketones (excluding diaryl/α,β-unsaturated/α-hetero) is 4. The Morgan fingerprint density at radius 2 is 1.85 bits per heavy atom. The number of anilines is 2. The number of aromatic nitrogens is 1. The summed E-state index contributed by atoms with van der Waals surface area (Å²) in [6.07, 6.45) is -1.73. The van der Waals surface area contributed by atoms with E-state index in [4.69, 9.17) is 5.73 Å². The lowest BCUT2D eigenvalue weighted by molar-refractivity contribution is -0.384. The van der Waals surface area contributed by atoms with Gasteiger partial charge in [-0.05, 0) is 31.6 Å². The fourth-order valence-electron chi connectivity index (χ4n) is 7.45. The van der Waals surface area contributed by atoms with Crippen LogP contribution in [0.25, 0.3) is 11.3 Å². The molecule has 2 unspecified atom stereocenters. The number of primary amides is 1. The van der Waals surface area contributed by atoms with E-state index >= 15 is 0 Å². The van der Waals surface area contributed by atoms with Crippen LogP contribution in [0.4, 0.5) is 16.5 Å². The second-order valence-corrected chi connectivity index (χ2v) is 13.1. The van der Waals surface area contributed by atoms with Gasteiger partial charge in [-0.2, -0.15) is 0 Å². The minimum absolute atomic E-state index is 0.0314. The third-order valence-corrected chi connectivity index (χ3v) is 10.3. The highest BCUT2D eigenvalue weighted by atomic mass is 32.1. The number of thiazole rings is 1. The minimum atomic E-state index is -3.09. The van der Waals surface area contributed by atoms with Crippen LogP contribution >= 0.6 is 11.3 Å². The number of hydrogen-bond acceptors (Lipinski definition) is 14. The molecule has 2 fully saturated rings. The summed E-state index contributed by atoms with van der Waals surface area (Å²) in [6.45, 7) is 1.62. The Morgan fingerprint density at radius 3 is 2.49 bits per heavy atom. The minimum Gasteiger partial charge on any atom is -0.505 e. The number of likely N-dealkylation sites (N-methyl/N-ethyl adjacent to an activating group) is 1. The first-order chi connectivity index (χ1) is 22.1. The highest BCUT2D eigenvalue weighted by molar-refractivity contribution is 7.14. The Morgan fingerprint density at radius 1 is 1.15 bits per heavy atom. The highest BCUT2D eigenvalue weighted by Crippen LogP contribution is 2.55. The van der Waals surface area contributed by atoms with Crippen molar-refractivity contribution in [2.45, 2.75) is 30.6 Å². The van der Waals surface area contributed by atoms with Crippen molar-refractivity contribution >= 4 is 56.9 Å². The van der Waals surface area contributed by atoms with E-state index in [9.17, 15) is 49.4 Å². The summed E-state index contributed by atoms with van der Waals surface area (Å²) in [5, 5.41) is 50.9. The number of nitrogens with zero attached hydrogens (tertiary/aromatic N) is 3. The molecule has 0 bridgehead atoms. The number of aromatic hydroxyl groups is 1. The summed E-state index contributed by atoms with van der Waals surface area (Å²) in [4.78, 5) is 83.6. The zero-order valence-corrected chi connectivity index (χ0v) is 25.9. The van der Waals surface area contributed by atoms with Gasteiger partial charge < -0.3 is 26.4 Å². The van der Waals surface area contributed by atoms with Gasteiger partial charge in [-0.1, -0.05) is 25.1 Å². The van der Waals surface area contributed by atoms with Gasteiger partial charge in [0.25, 0.3) is 5.69 Å². The molecule has 3 aliphatic rings. The number of rotatable bonds is 6. The van der Waals surface area contributed by atoms with Crippen molar-refractivity contribution in [2.24, 2.45) is 29.4 Å². The van der Waals surface area contributed by atoms with E-state index < -0.39 is 87.0 Å². The zero-order valence-electron chi connectivity index (χ0n) is 25.1. The lowest BCUT2D eigenvalue weighted by Gasteiger charge is -2.56. The van der Waals surface area contributed by atoms with E-state index in [2.05, 4.69) is 10.3 Å². The third-order valence-electron chi connectivity index (χ3n) is 9.59. The van der Waals surface area contributed by atoms with Crippen LogP contribution in [0.1, 0.15) is 28.8 Å². The number of carbonyl (C=O) groups excluding carboxylic acids is 5. The molecule has 15 nitrogen and oxygen atoms in total. The number of nitro benzene ring substituents is 1. The number of aliphatic hydroxyl groups is 2. The molecule has 47 heavy (non-hydrogen) atoms. The Kier molecular flexibility index (Phi) is 7.58. The monoisotopic (exact) mass is 663 g/mol. The second kappa shape index (κ2) is 11.1. The molecule has 6 N–H and O–H groups in total. The van der Waals surface area contributed by atoms with Gasteiger partial charge in [0.1, 0.15) is 5.75 Å². The molecular weight excluding hydrogens is 634 g/mol. The SMILES string of the molecule is C[C@H]1c2ccc(Nc3nc(-c4cccc([N+](=O)[O-])c4)cs3)c(O)c2C(=O)C2C(=O)[C@]3(O)C(=O)C(C(N)=O)C(=O)[C@@H](N(C)C)[C@@H]3[C@@H](O)[C@@H]21. The second-order valence-electron chi connectivity index (χ2n) is 12.3. The van der Waals surface area contributed by atoms with Gasteiger partial charge in [-0.25, -0.2) is 4.98 Å². The van der Waals surface area contributed by atoms with Crippen LogP contribution in [0.3, 0.4) is 0 Å². The number of nitrogens with two attached hydrogens (primary N) is 1.